The Morgan fingerprint density at radius 1 is 0.390 bits per heavy atom. The van der Waals surface area contributed by atoms with Gasteiger partial charge >= 0.3 is 19.8 Å². The molecule has 0 heterocycles. The summed E-state index contributed by atoms with van der Waals surface area (Å²) in [7, 11) is -4.39. The average Bonchev–Trinajstić information content (AvgIpc) is 3.42. The van der Waals surface area contributed by atoms with Gasteiger partial charge in [0.05, 0.1) is 13.2 Å². The van der Waals surface area contributed by atoms with E-state index in [1.807, 2.05) is 0 Å². The van der Waals surface area contributed by atoms with Crippen molar-refractivity contribution in [2.24, 2.45) is 5.73 Å². The first-order chi connectivity index (χ1) is 37.8. The van der Waals surface area contributed by atoms with Crippen LogP contribution in [-0.2, 0) is 32.7 Å². The summed E-state index contributed by atoms with van der Waals surface area (Å²) >= 11 is 0. The number of carbonyl (C=O) groups is 2. The van der Waals surface area contributed by atoms with Gasteiger partial charge in [-0.1, -0.05) is 294 Å². The molecule has 77 heavy (non-hydrogen) atoms. The van der Waals surface area contributed by atoms with Gasteiger partial charge in [-0.25, -0.2) is 4.57 Å². The number of phosphoric acid groups is 1. The molecule has 452 valence electrons. The van der Waals surface area contributed by atoms with Crippen LogP contribution in [-0.4, -0.2) is 49.3 Å². The van der Waals surface area contributed by atoms with Crippen LogP contribution in [0.5, 0.6) is 0 Å². The molecule has 0 aliphatic rings. The van der Waals surface area contributed by atoms with Crippen LogP contribution in [0.3, 0.4) is 0 Å². The zero-order valence-electron chi connectivity index (χ0n) is 50.7. The van der Waals surface area contributed by atoms with Crippen LogP contribution >= 0.6 is 7.82 Å². The van der Waals surface area contributed by atoms with Gasteiger partial charge in [-0.3, -0.25) is 18.6 Å². The van der Waals surface area contributed by atoms with Crippen molar-refractivity contribution < 1.29 is 37.6 Å². The maximum Gasteiger partial charge on any atom is 0.472 e. The number of phosphoric ester groups is 1. The summed E-state index contributed by atoms with van der Waals surface area (Å²) < 4.78 is 33.1. The third-order valence-electron chi connectivity index (χ3n) is 14.7. The van der Waals surface area contributed by atoms with Crippen molar-refractivity contribution in [2.45, 2.75) is 341 Å². The van der Waals surface area contributed by atoms with Gasteiger partial charge in [0.25, 0.3) is 0 Å². The predicted molar refractivity (Wildman–Crippen MR) is 330 cm³/mol. The number of ether oxygens (including phenoxy) is 2. The SMILES string of the molecule is CCCCCCC/C=C\C/C=C\CCCCCCCCCCCCCCCCCCCCCCCCCC(=O)OC(COC(=O)CCCCCCCCCCC/C=C\C/C=C\CCCCCCC)COP(=O)(O)OCCN. The fourth-order valence-electron chi connectivity index (χ4n) is 9.76. The maximum atomic E-state index is 12.7. The average molecular weight is 1100 g/mol. The highest BCUT2D eigenvalue weighted by molar-refractivity contribution is 7.47. The van der Waals surface area contributed by atoms with E-state index in [0.29, 0.717) is 6.42 Å². The van der Waals surface area contributed by atoms with Gasteiger partial charge in [-0.15, -0.1) is 0 Å². The highest BCUT2D eigenvalue weighted by Gasteiger charge is 2.26. The highest BCUT2D eigenvalue weighted by atomic mass is 31.2. The first-order valence-electron chi connectivity index (χ1n) is 33.1. The summed E-state index contributed by atoms with van der Waals surface area (Å²) in [5, 5.41) is 0. The second-order valence-corrected chi connectivity index (χ2v) is 23.8. The molecule has 2 unspecified atom stereocenters. The topological polar surface area (TPSA) is 134 Å². The predicted octanol–water partition coefficient (Wildman–Crippen LogP) is 21.3. The Balaban J connectivity index is 3.83. The molecule has 0 aromatic rings. The van der Waals surface area contributed by atoms with Crippen molar-refractivity contribution in [3.8, 4) is 0 Å². The zero-order valence-corrected chi connectivity index (χ0v) is 51.6. The Labute approximate surface area is 477 Å². The molecule has 0 bridgehead atoms. The summed E-state index contributed by atoms with van der Waals surface area (Å²) in [6.45, 7) is 3.77. The van der Waals surface area contributed by atoms with Crippen molar-refractivity contribution in [3.05, 3.63) is 48.6 Å². The van der Waals surface area contributed by atoms with Gasteiger partial charge in [-0.05, 0) is 77.0 Å². The van der Waals surface area contributed by atoms with Gasteiger partial charge in [-0.2, -0.15) is 0 Å². The molecule has 0 aliphatic carbocycles. The van der Waals surface area contributed by atoms with E-state index in [1.54, 1.807) is 0 Å². The lowest BCUT2D eigenvalue weighted by Crippen LogP contribution is -2.29. The molecule has 0 aromatic carbocycles. The molecule has 2 atom stereocenters. The Kier molecular flexibility index (Phi) is 61.5. The minimum Gasteiger partial charge on any atom is -0.462 e. The van der Waals surface area contributed by atoms with Gasteiger partial charge < -0.3 is 20.1 Å². The third-order valence-corrected chi connectivity index (χ3v) is 15.7. The van der Waals surface area contributed by atoms with Crippen molar-refractivity contribution >= 4 is 19.8 Å². The maximum absolute atomic E-state index is 12.7. The molecule has 0 radical (unpaired) electrons. The van der Waals surface area contributed by atoms with Crippen LogP contribution in [0.1, 0.15) is 335 Å². The van der Waals surface area contributed by atoms with E-state index in [-0.39, 0.29) is 38.6 Å². The van der Waals surface area contributed by atoms with Gasteiger partial charge in [0.2, 0.25) is 0 Å². The van der Waals surface area contributed by atoms with Crippen LogP contribution in [0.4, 0.5) is 0 Å². The summed E-state index contributed by atoms with van der Waals surface area (Å²) in [5.41, 5.74) is 5.39. The summed E-state index contributed by atoms with van der Waals surface area (Å²) in [6, 6.07) is 0. The number of nitrogens with two attached hydrogens (primary N) is 1. The lowest BCUT2D eigenvalue weighted by molar-refractivity contribution is -0.161. The van der Waals surface area contributed by atoms with E-state index in [2.05, 4.69) is 62.5 Å². The smallest absolute Gasteiger partial charge is 0.462 e. The molecular weight excluding hydrogens is 978 g/mol. The lowest BCUT2D eigenvalue weighted by Gasteiger charge is -2.19. The number of hydrogen-bond acceptors (Lipinski definition) is 8. The molecule has 9 nitrogen and oxygen atoms in total. The molecule has 0 saturated heterocycles. The number of hydrogen-bond donors (Lipinski definition) is 2. The number of unbranched alkanes of at least 4 members (excludes halogenated alkanes) is 42. The van der Waals surface area contributed by atoms with E-state index in [4.69, 9.17) is 24.3 Å². The van der Waals surface area contributed by atoms with E-state index in [1.165, 1.54) is 257 Å². The fraction of sp³-hybridized carbons (Fsp3) is 0.851. The zero-order chi connectivity index (χ0) is 55.9. The summed E-state index contributed by atoms with van der Waals surface area (Å²) in [6.07, 6.45) is 79.1. The van der Waals surface area contributed by atoms with Crippen LogP contribution in [0.25, 0.3) is 0 Å². The van der Waals surface area contributed by atoms with Crippen LogP contribution in [0.2, 0.25) is 0 Å². The summed E-state index contributed by atoms with van der Waals surface area (Å²) in [5.74, 6) is -0.817. The Morgan fingerprint density at radius 2 is 0.675 bits per heavy atom. The fourth-order valence-corrected chi connectivity index (χ4v) is 10.5. The van der Waals surface area contributed by atoms with Crippen molar-refractivity contribution in [2.75, 3.05) is 26.4 Å². The molecular formula is C67H126NO8P. The number of allylic oxidation sites excluding steroid dienone is 8. The van der Waals surface area contributed by atoms with Gasteiger partial charge in [0.1, 0.15) is 6.61 Å². The Morgan fingerprint density at radius 3 is 0.987 bits per heavy atom. The number of rotatable bonds is 63. The van der Waals surface area contributed by atoms with E-state index >= 15 is 0 Å². The van der Waals surface area contributed by atoms with Crippen molar-refractivity contribution in [1.29, 1.82) is 0 Å². The minimum absolute atomic E-state index is 0.0538. The number of esters is 2. The van der Waals surface area contributed by atoms with E-state index in [9.17, 15) is 19.0 Å². The van der Waals surface area contributed by atoms with Crippen LogP contribution in [0, 0.1) is 0 Å². The standard InChI is InChI=1S/C67H126NO8P/c1-3-5-7-9-11-13-15-17-19-21-23-25-26-27-28-29-30-31-32-33-34-35-36-37-38-40-42-44-46-48-50-52-54-56-58-60-67(70)76-65(64-75-77(71,72)74-62-61-68)63-73-66(69)59-57-55-53-51-49-47-45-43-41-39-24-22-20-18-16-14-12-10-8-6-4-2/h15-18,21-24,65H,3-14,19-20,25-64,68H2,1-2H3,(H,71,72)/b17-15-,18-16-,23-21-,24-22-. The molecule has 10 heteroatoms. The molecule has 0 amide bonds. The largest absolute Gasteiger partial charge is 0.472 e. The highest BCUT2D eigenvalue weighted by Crippen LogP contribution is 2.43. The molecule has 0 rings (SSSR count). The Hall–Kier alpha value is -2.03. The first kappa shape index (κ1) is 75.0. The molecule has 0 spiro atoms. The van der Waals surface area contributed by atoms with Crippen molar-refractivity contribution in [1.82, 2.24) is 0 Å². The van der Waals surface area contributed by atoms with Gasteiger partial charge in [0.15, 0.2) is 6.10 Å². The third kappa shape index (κ3) is 63.0. The second-order valence-electron chi connectivity index (χ2n) is 22.3. The minimum atomic E-state index is -4.39. The molecule has 3 N–H and O–H groups in total. The normalized spacial score (nSPS) is 13.2. The van der Waals surface area contributed by atoms with Crippen LogP contribution < -0.4 is 5.73 Å². The quantitative estimate of drug-likeness (QED) is 0.0264. The van der Waals surface area contributed by atoms with Crippen molar-refractivity contribution in [3.63, 3.8) is 0 Å². The molecule has 0 fully saturated rings. The number of carbonyl (C=O) groups excluding carboxylic acids is 2. The summed E-state index contributed by atoms with van der Waals surface area (Å²) in [4.78, 5) is 35.3. The van der Waals surface area contributed by atoms with Gasteiger partial charge in [0, 0.05) is 19.4 Å². The first-order valence-corrected chi connectivity index (χ1v) is 34.6. The Bertz CT molecular complexity index is 1400. The second kappa shape index (κ2) is 63.2. The lowest BCUT2D eigenvalue weighted by atomic mass is 10.0. The van der Waals surface area contributed by atoms with E-state index < -0.39 is 26.5 Å². The van der Waals surface area contributed by atoms with Crippen LogP contribution in [0.15, 0.2) is 48.6 Å². The molecule has 0 aromatic heterocycles. The molecule has 0 saturated carbocycles. The van der Waals surface area contributed by atoms with E-state index in [0.717, 1.165) is 44.9 Å². The molecule has 0 aliphatic heterocycles. The monoisotopic (exact) mass is 1100 g/mol.